The summed E-state index contributed by atoms with van der Waals surface area (Å²) in [5, 5.41) is 4.59. The smallest absolute Gasteiger partial charge is 0.404 e. The molecule has 2 aromatic carbocycles. The average Bonchev–Trinajstić information content (AvgIpc) is 2.46. The van der Waals surface area contributed by atoms with Gasteiger partial charge >= 0.3 is 12.9 Å². The molecule has 2 aromatic rings. The number of carbonyl (C=O) groups is 1. The van der Waals surface area contributed by atoms with Crippen molar-refractivity contribution in [2.24, 2.45) is 0 Å². The topological polar surface area (TPSA) is 64.6 Å². The summed E-state index contributed by atoms with van der Waals surface area (Å²) >= 11 is 5.81. The van der Waals surface area contributed by atoms with E-state index in [0.29, 0.717) is 5.75 Å². The number of nitrogens with one attached hydrogen (secondary N) is 1. The molecule has 0 aliphatic carbocycles. The Bertz CT molecular complexity index is 744. The summed E-state index contributed by atoms with van der Waals surface area (Å²) in [6.45, 7) is 1.29. The number of hydrogen-bond acceptors (Lipinski definition) is 5. The van der Waals surface area contributed by atoms with E-state index in [1.165, 1.54) is 0 Å². The number of benzene rings is 2. The molecule has 5 nitrogen and oxygen atoms in total. The first-order valence-electron chi connectivity index (χ1n) is 7.25. The number of carbonyl (C=O) groups excluding carboxylic acids is 1. The summed E-state index contributed by atoms with van der Waals surface area (Å²) in [7, 11) is 0. The third kappa shape index (κ3) is 4.96. The van der Waals surface area contributed by atoms with Gasteiger partial charge in [0, 0.05) is 22.7 Å². The minimum Gasteiger partial charge on any atom is -0.404 e. The molecule has 0 saturated heterocycles. The fourth-order valence-electron chi connectivity index (χ4n) is 2.17. The zero-order chi connectivity index (χ0) is 17.0. The summed E-state index contributed by atoms with van der Waals surface area (Å²) < 4.78 is 22.4. The molecular formula is C16H19ClNO4P. The highest BCUT2D eigenvalue weighted by atomic mass is 35.7. The van der Waals surface area contributed by atoms with Crippen LogP contribution < -0.4 is 9.84 Å². The van der Waals surface area contributed by atoms with E-state index in [1.54, 1.807) is 19.1 Å². The maximum Gasteiger partial charge on any atom is 0.532 e. The van der Waals surface area contributed by atoms with Gasteiger partial charge in [-0.25, -0.2) is 9.36 Å². The molecule has 0 saturated carbocycles. The van der Waals surface area contributed by atoms with Crippen molar-refractivity contribution in [3.63, 3.8) is 0 Å². The van der Waals surface area contributed by atoms with E-state index in [1.807, 2.05) is 44.2 Å². The van der Waals surface area contributed by atoms with Gasteiger partial charge in [-0.1, -0.05) is 50.2 Å². The van der Waals surface area contributed by atoms with Crippen LogP contribution in [0.1, 0.15) is 20.8 Å². The van der Waals surface area contributed by atoms with Crippen molar-refractivity contribution in [2.45, 2.75) is 32.9 Å². The molecule has 0 radical (unpaired) electrons. The molecule has 7 heteroatoms. The molecule has 1 N–H and O–H groups in total. The molecule has 0 fully saturated rings. The zero-order valence-electron chi connectivity index (χ0n) is 13.2. The molecule has 0 bridgehead atoms. The van der Waals surface area contributed by atoms with Crippen LogP contribution in [-0.4, -0.2) is 18.1 Å². The van der Waals surface area contributed by atoms with E-state index in [-0.39, 0.29) is 6.04 Å². The normalized spacial score (nSPS) is 15.2. The molecule has 23 heavy (non-hydrogen) atoms. The fraction of sp³-hybridized carbons (Fsp3) is 0.312. The van der Waals surface area contributed by atoms with Crippen LogP contribution in [0.5, 0.6) is 5.75 Å². The summed E-state index contributed by atoms with van der Waals surface area (Å²) in [6, 6.07) is 12.1. The Morgan fingerprint density at radius 2 is 1.78 bits per heavy atom. The van der Waals surface area contributed by atoms with Gasteiger partial charge in [-0.15, -0.1) is 0 Å². The van der Waals surface area contributed by atoms with Crippen LogP contribution in [0.4, 0.5) is 0 Å². The van der Waals surface area contributed by atoms with Gasteiger partial charge in [0.25, 0.3) is 0 Å². The molecule has 1 unspecified atom stereocenters. The SMILES string of the molecule is CC(C)N[C@@H](C)C(=O)OP(=O)(Cl)Oc1cccc2ccccc12. The second-order valence-electron chi connectivity index (χ2n) is 5.45. The van der Waals surface area contributed by atoms with Gasteiger partial charge in [0.15, 0.2) is 0 Å². The first-order valence-corrected chi connectivity index (χ1v) is 9.70. The van der Waals surface area contributed by atoms with Crippen molar-refractivity contribution in [3.8, 4) is 5.75 Å². The number of rotatable bonds is 6. The Morgan fingerprint density at radius 3 is 2.48 bits per heavy atom. The van der Waals surface area contributed by atoms with Crippen LogP contribution in [-0.2, 0) is 13.9 Å². The standard InChI is InChI=1S/C16H19ClNO4P/c1-11(2)18-12(3)16(19)22-23(17,20)21-15-10-6-8-13-7-4-5-9-14(13)15/h4-12,18H,1-3H3/t12-,23?/m0/s1. The number of hydrogen-bond donors (Lipinski definition) is 1. The first kappa shape index (κ1) is 17.8. The zero-order valence-corrected chi connectivity index (χ0v) is 14.8. The average molecular weight is 356 g/mol. The Labute approximate surface area is 140 Å². The van der Waals surface area contributed by atoms with Crippen molar-refractivity contribution in [1.29, 1.82) is 0 Å². The van der Waals surface area contributed by atoms with Crippen molar-refractivity contribution < 1.29 is 18.4 Å². The van der Waals surface area contributed by atoms with Crippen molar-refractivity contribution in [1.82, 2.24) is 5.32 Å². The maximum atomic E-state index is 12.3. The lowest BCUT2D eigenvalue weighted by Crippen LogP contribution is -2.39. The van der Waals surface area contributed by atoms with E-state index in [4.69, 9.17) is 20.3 Å². The van der Waals surface area contributed by atoms with E-state index in [2.05, 4.69) is 5.32 Å². The van der Waals surface area contributed by atoms with Gasteiger partial charge in [-0.2, -0.15) is 0 Å². The monoisotopic (exact) mass is 355 g/mol. The summed E-state index contributed by atoms with van der Waals surface area (Å²) in [5.41, 5.74) is 0. The van der Waals surface area contributed by atoms with Gasteiger partial charge in [0.2, 0.25) is 0 Å². The molecule has 2 rings (SSSR count). The lowest BCUT2D eigenvalue weighted by atomic mass is 10.1. The lowest BCUT2D eigenvalue weighted by Gasteiger charge is -2.18. The van der Waals surface area contributed by atoms with E-state index in [0.717, 1.165) is 10.8 Å². The van der Waals surface area contributed by atoms with Gasteiger partial charge in [0.05, 0.1) is 0 Å². The molecule has 124 valence electrons. The van der Waals surface area contributed by atoms with Crippen molar-refractivity contribution in [3.05, 3.63) is 42.5 Å². The molecule has 0 spiro atoms. The van der Waals surface area contributed by atoms with Crippen LogP contribution in [0.3, 0.4) is 0 Å². The first-order chi connectivity index (χ1) is 10.8. The van der Waals surface area contributed by atoms with E-state index in [9.17, 15) is 9.36 Å². The Kier molecular flexibility index (Phi) is 5.69. The van der Waals surface area contributed by atoms with E-state index >= 15 is 0 Å². The molecular weight excluding hydrogens is 337 g/mol. The maximum absolute atomic E-state index is 12.3. The predicted molar refractivity (Wildman–Crippen MR) is 91.9 cm³/mol. The van der Waals surface area contributed by atoms with Crippen LogP contribution in [0.2, 0.25) is 0 Å². The molecule has 2 atom stereocenters. The van der Waals surface area contributed by atoms with Gasteiger partial charge in [0.1, 0.15) is 11.8 Å². The highest BCUT2D eigenvalue weighted by Gasteiger charge is 2.31. The Balaban J connectivity index is 2.14. The van der Waals surface area contributed by atoms with Crippen LogP contribution in [0.15, 0.2) is 42.5 Å². The summed E-state index contributed by atoms with van der Waals surface area (Å²) in [5.74, 6) is -0.420. The lowest BCUT2D eigenvalue weighted by molar-refractivity contribution is -0.136. The van der Waals surface area contributed by atoms with Gasteiger partial charge < -0.3 is 14.4 Å². The van der Waals surface area contributed by atoms with Crippen molar-refractivity contribution >= 4 is 34.9 Å². The summed E-state index contributed by atoms with van der Waals surface area (Å²) in [4.78, 5) is 11.9. The fourth-order valence-corrected chi connectivity index (χ4v) is 3.40. The largest absolute Gasteiger partial charge is 0.532 e. The van der Waals surface area contributed by atoms with Crippen molar-refractivity contribution in [2.75, 3.05) is 0 Å². The molecule has 0 amide bonds. The predicted octanol–water partition coefficient (Wildman–Crippen LogP) is 4.50. The van der Waals surface area contributed by atoms with Crippen LogP contribution >= 0.6 is 18.2 Å². The Morgan fingerprint density at radius 1 is 1.13 bits per heavy atom. The Hall–Kier alpha value is -1.55. The third-order valence-electron chi connectivity index (χ3n) is 3.09. The number of fused-ring (bicyclic) bond motifs is 1. The van der Waals surface area contributed by atoms with Crippen LogP contribution in [0.25, 0.3) is 10.8 Å². The minimum atomic E-state index is -4.09. The van der Waals surface area contributed by atoms with Crippen LogP contribution in [0, 0.1) is 0 Å². The third-order valence-corrected chi connectivity index (χ3v) is 4.32. The number of halogens is 1. The molecule has 0 aromatic heterocycles. The molecule has 0 aliphatic heterocycles. The second kappa shape index (κ2) is 7.35. The quantitative estimate of drug-likeness (QED) is 0.773. The highest BCUT2D eigenvalue weighted by Crippen LogP contribution is 2.54. The van der Waals surface area contributed by atoms with Gasteiger partial charge in [-0.3, -0.25) is 0 Å². The van der Waals surface area contributed by atoms with E-state index < -0.39 is 19.0 Å². The summed E-state index contributed by atoms with van der Waals surface area (Å²) in [6.07, 6.45) is 0. The van der Waals surface area contributed by atoms with Gasteiger partial charge in [-0.05, 0) is 18.4 Å². The minimum absolute atomic E-state index is 0.0752. The second-order valence-corrected chi connectivity index (χ2v) is 7.92. The molecule has 0 aliphatic rings. The molecule has 0 heterocycles. The highest BCUT2D eigenvalue weighted by molar-refractivity contribution is 7.82.